The van der Waals surface area contributed by atoms with Gasteiger partial charge in [-0.3, -0.25) is 4.79 Å². The highest BCUT2D eigenvalue weighted by Gasteiger charge is 2.24. The maximum atomic E-state index is 12.1. The topological polar surface area (TPSA) is 74.2 Å². The van der Waals surface area contributed by atoms with E-state index in [2.05, 4.69) is 16.7 Å². The quantitative estimate of drug-likeness (QED) is 0.883. The molecule has 1 aliphatic carbocycles. The number of ether oxygens (including phenoxy) is 1. The highest BCUT2D eigenvalue weighted by atomic mass is 32.1. The molecule has 1 saturated heterocycles. The van der Waals surface area contributed by atoms with E-state index in [1.54, 1.807) is 11.3 Å². The van der Waals surface area contributed by atoms with Gasteiger partial charge in [-0.1, -0.05) is 0 Å². The van der Waals surface area contributed by atoms with Crippen LogP contribution in [0.1, 0.15) is 28.8 Å². The lowest BCUT2D eigenvalue weighted by molar-refractivity contribution is -0.119. The fraction of sp³-hybridized carbons (Fsp3) is 0.571. The van der Waals surface area contributed by atoms with E-state index in [1.807, 2.05) is 0 Å². The molecule has 0 radical (unpaired) electrons. The van der Waals surface area contributed by atoms with Crippen molar-refractivity contribution in [1.29, 1.82) is 5.26 Å². The Bertz CT molecular complexity index is 556. The molecule has 106 valence electrons. The Morgan fingerprint density at radius 3 is 3.20 bits per heavy atom. The van der Waals surface area contributed by atoms with Crippen LogP contribution in [0.4, 0.5) is 5.00 Å². The molecule has 1 aliphatic heterocycles. The SMILES string of the molecule is N#Cc1c(NC(=O)CC2CNCCO2)sc2c1CCC2. The van der Waals surface area contributed by atoms with E-state index in [4.69, 9.17) is 4.74 Å². The number of hydrogen-bond donors (Lipinski definition) is 2. The minimum absolute atomic E-state index is 0.0684. The van der Waals surface area contributed by atoms with E-state index in [1.165, 1.54) is 4.88 Å². The second kappa shape index (κ2) is 5.92. The summed E-state index contributed by atoms with van der Waals surface area (Å²) in [7, 11) is 0. The van der Waals surface area contributed by atoms with E-state index < -0.39 is 0 Å². The monoisotopic (exact) mass is 291 g/mol. The number of nitriles is 1. The summed E-state index contributed by atoms with van der Waals surface area (Å²) in [6.07, 6.45) is 3.37. The Balaban J connectivity index is 1.65. The fourth-order valence-electron chi connectivity index (χ4n) is 2.75. The first-order chi connectivity index (χ1) is 9.78. The molecule has 20 heavy (non-hydrogen) atoms. The normalized spacial score (nSPS) is 21.2. The summed E-state index contributed by atoms with van der Waals surface area (Å²) >= 11 is 1.55. The summed E-state index contributed by atoms with van der Waals surface area (Å²) in [5.41, 5.74) is 1.81. The third-order valence-electron chi connectivity index (χ3n) is 3.70. The first kappa shape index (κ1) is 13.6. The van der Waals surface area contributed by atoms with Gasteiger partial charge in [0.1, 0.15) is 11.1 Å². The lowest BCUT2D eigenvalue weighted by Gasteiger charge is -2.22. The van der Waals surface area contributed by atoms with Gasteiger partial charge in [0.15, 0.2) is 0 Å². The van der Waals surface area contributed by atoms with Crippen molar-refractivity contribution in [2.24, 2.45) is 0 Å². The molecule has 0 spiro atoms. The molecule has 1 aromatic rings. The van der Waals surface area contributed by atoms with Crippen molar-refractivity contribution in [3.63, 3.8) is 0 Å². The van der Waals surface area contributed by atoms with Crippen molar-refractivity contribution in [2.75, 3.05) is 25.0 Å². The molecule has 0 saturated carbocycles. The first-order valence-electron chi connectivity index (χ1n) is 6.94. The fourth-order valence-corrected chi connectivity index (χ4v) is 4.00. The van der Waals surface area contributed by atoms with Gasteiger partial charge in [0.2, 0.25) is 5.91 Å². The lowest BCUT2D eigenvalue weighted by atomic mass is 10.1. The van der Waals surface area contributed by atoms with Gasteiger partial charge in [0.05, 0.1) is 24.7 Å². The zero-order valence-electron chi connectivity index (χ0n) is 11.2. The third-order valence-corrected chi connectivity index (χ3v) is 4.91. The van der Waals surface area contributed by atoms with Crippen LogP contribution in [0.15, 0.2) is 0 Å². The van der Waals surface area contributed by atoms with E-state index in [0.717, 1.165) is 31.4 Å². The summed E-state index contributed by atoms with van der Waals surface area (Å²) in [4.78, 5) is 13.3. The Morgan fingerprint density at radius 2 is 2.45 bits per heavy atom. The van der Waals surface area contributed by atoms with Gasteiger partial charge in [0.25, 0.3) is 0 Å². The standard InChI is InChI=1S/C14H17N3O2S/c15-7-11-10-2-1-3-12(10)20-14(11)17-13(18)6-9-8-16-4-5-19-9/h9,16H,1-6,8H2,(H,17,18). The first-order valence-corrected chi connectivity index (χ1v) is 7.76. The molecule has 1 fully saturated rings. The number of carbonyl (C=O) groups excluding carboxylic acids is 1. The number of amides is 1. The molecule has 2 heterocycles. The zero-order valence-corrected chi connectivity index (χ0v) is 12.0. The van der Waals surface area contributed by atoms with Crippen molar-refractivity contribution in [3.05, 3.63) is 16.0 Å². The minimum atomic E-state index is -0.0740. The number of aryl methyl sites for hydroxylation is 1. The zero-order chi connectivity index (χ0) is 13.9. The number of rotatable bonds is 3. The number of morpholine rings is 1. The van der Waals surface area contributed by atoms with Gasteiger partial charge in [-0.05, 0) is 24.8 Å². The summed E-state index contributed by atoms with van der Waals surface area (Å²) in [6, 6.07) is 2.24. The predicted molar refractivity (Wildman–Crippen MR) is 76.9 cm³/mol. The van der Waals surface area contributed by atoms with Crippen molar-refractivity contribution >= 4 is 22.2 Å². The molecule has 0 aromatic carbocycles. The van der Waals surface area contributed by atoms with Gasteiger partial charge < -0.3 is 15.4 Å². The molecule has 3 rings (SSSR count). The van der Waals surface area contributed by atoms with Crippen molar-refractivity contribution < 1.29 is 9.53 Å². The van der Waals surface area contributed by atoms with E-state index in [-0.39, 0.29) is 12.0 Å². The Kier molecular flexibility index (Phi) is 4.01. The van der Waals surface area contributed by atoms with E-state index >= 15 is 0 Å². The minimum Gasteiger partial charge on any atom is -0.375 e. The van der Waals surface area contributed by atoms with E-state index in [9.17, 15) is 10.1 Å². The van der Waals surface area contributed by atoms with Gasteiger partial charge in [-0.25, -0.2) is 0 Å². The van der Waals surface area contributed by atoms with Gasteiger partial charge >= 0.3 is 0 Å². The maximum absolute atomic E-state index is 12.1. The molecule has 5 nitrogen and oxygen atoms in total. The number of carbonyl (C=O) groups is 1. The average molecular weight is 291 g/mol. The Morgan fingerprint density at radius 1 is 1.55 bits per heavy atom. The largest absolute Gasteiger partial charge is 0.375 e. The van der Waals surface area contributed by atoms with Crippen LogP contribution in [0.5, 0.6) is 0 Å². The smallest absolute Gasteiger partial charge is 0.227 e. The van der Waals surface area contributed by atoms with Crippen LogP contribution in [0.3, 0.4) is 0 Å². The van der Waals surface area contributed by atoms with Crippen LogP contribution in [-0.4, -0.2) is 31.7 Å². The Labute approximate surface area is 121 Å². The lowest BCUT2D eigenvalue weighted by Crippen LogP contribution is -2.40. The van der Waals surface area contributed by atoms with Crippen LogP contribution >= 0.6 is 11.3 Å². The van der Waals surface area contributed by atoms with Crippen molar-refractivity contribution in [2.45, 2.75) is 31.8 Å². The summed E-state index contributed by atoms with van der Waals surface area (Å²) in [5.74, 6) is -0.0740. The second-order valence-corrected chi connectivity index (χ2v) is 6.23. The average Bonchev–Trinajstić information content (AvgIpc) is 3.00. The maximum Gasteiger partial charge on any atom is 0.227 e. The van der Waals surface area contributed by atoms with Gasteiger partial charge in [0, 0.05) is 18.0 Å². The highest BCUT2D eigenvalue weighted by molar-refractivity contribution is 7.16. The summed E-state index contributed by atoms with van der Waals surface area (Å²) in [6.45, 7) is 2.20. The molecule has 2 aliphatic rings. The number of nitrogens with zero attached hydrogens (tertiary/aromatic N) is 1. The van der Waals surface area contributed by atoms with E-state index in [0.29, 0.717) is 30.1 Å². The molecule has 2 N–H and O–H groups in total. The molecular formula is C14H17N3O2S. The third kappa shape index (κ3) is 2.70. The number of fused-ring (bicyclic) bond motifs is 1. The molecule has 1 amide bonds. The predicted octanol–water partition coefficient (Wildman–Crippen LogP) is 1.43. The second-order valence-electron chi connectivity index (χ2n) is 5.12. The highest BCUT2D eigenvalue weighted by Crippen LogP contribution is 2.38. The van der Waals surface area contributed by atoms with Crippen LogP contribution in [0.25, 0.3) is 0 Å². The number of hydrogen-bond acceptors (Lipinski definition) is 5. The van der Waals surface area contributed by atoms with Gasteiger partial charge in [-0.2, -0.15) is 5.26 Å². The molecule has 0 bridgehead atoms. The molecular weight excluding hydrogens is 274 g/mol. The van der Waals surface area contributed by atoms with Gasteiger partial charge in [-0.15, -0.1) is 11.3 Å². The molecule has 1 atom stereocenters. The van der Waals surface area contributed by atoms with Crippen LogP contribution < -0.4 is 10.6 Å². The van der Waals surface area contributed by atoms with Crippen LogP contribution in [-0.2, 0) is 22.4 Å². The number of thiophene rings is 1. The number of nitrogens with one attached hydrogen (secondary N) is 2. The van der Waals surface area contributed by atoms with Crippen LogP contribution in [0, 0.1) is 11.3 Å². The summed E-state index contributed by atoms with van der Waals surface area (Å²) in [5, 5.41) is 16.1. The van der Waals surface area contributed by atoms with Crippen LogP contribution in [0.2, 0.25) is 0 Å². The molecule has 1 aromatic heterocycles. The molecule has 1 unspecified atom stereocenters. The number of anilines is 1. The molecule has 6 heteroatoms. The summed E-state index contributed by atoms with van der Waals surface area (Å²) < 4.78 is 5.52. The van der Waals surface area contributed by atoms with Crippen molar-refractivity contribution in [3.8, 4) is 6.07 Å². The Hall–Kier alpha value is -1.42. The van der Waals surface area contributed by atoms with Crippen molar-refractivity contribution in [1.82, 2.24) is 5.32 Å².